The Morgan fingerprint density at radius 2 is 2.12 bits per heavy atom. The molecule has 1 aliphatic heterocycles. The highest BCUT2D eigenvalue weighted by Crippen LogP contribution is 2.35. The number of aryl methyl sites for hydroxylation is 1. The van der Waals surface area contributed by atoms with E-state index in [0.29, 0.717) is 38.0 Å². The minimum absolute atomic E-state index is 0.0326. The number of pyridine rings is 1. The normalized spacial score (nSPS) is 25.3. The SMILES string of the molecule is Cc1ccc(C(=O)N2CCO[C@@H]3C[C@@H](COCc4ccncc4)C[C@@H]32)o1. The van der Waals surface area contributed by atoms with E-state index in [4.69, 9.17) is 13.9 Å². The molecule has 0 bridgehead atoms. The van der Waals surface area contributed by atoms with Crippen molar-refractivity contribution in [2.45, 2.75) is 38.5 Å². The van der Waals surface area contributed by atoms with Gasteiger partial charge in [-0.15, -0.1) is 0 Å². The van der Waals surface area contributed by atoms with Gasteiger partial charge in [-0.25, -0.2) is 0 Å². The Morgan fingerprint density at radius 3 is 2.88 bits per heavy atom. The number of nitrogens with zero attached hydrogens (tertiary/aromatic N) is 2. The first kappa shape index (κ1) is 17.2. The van der Waals surface area contributed by atoms with Crippen molar-refractivity contribution in [2.24, 2.45) is 5.92 Å². The van der Waals surface area contributed by atoms with Crippen LogP contribution >= 0.6 is 0 Å². The zero-order valence-corrected chi connectivity index (χ0v) is 15.0. The topological polar surface area (TPSA) is 64.8 Å². The number of hydrogen-bond acceptors (Lipinski definition) is 5. The highest BCUT2D eigenvalue weighted by atomic mass is 16.5. The van der Waals surface area contributed by atoms with Gasteiger partial charge in [-0.2, -0.15) is 0 Å². The summed E-state index contributed by atoms with van der Waals surface area (Å²) in [5, 5.41) is 0. The lowest BCUT2D eigenvalue weighted by molar-refractivity contribution is -0.0459. The Kier molecular flexibility index (Phi) is 5.04. The average Bonchev–Trinajstić information content (AvgIpc) is 3.27. The van der Waals surface area contributed by atoms with Crippen molar-refractivity contribution in [1.29, 1.82) is 0 Å². The molecule has 1 aliphatic carbocycles. The average molecular weight is 356 g/mol. The maximum Gasteiger partial charge on any atom is 0.289 e. The van der Waals surface area contributed by atoms with E-state index < -0.39 is 0 Å². The molecule has 0 N–H and O–H groups in total. The highest BCUT2D eigenvalue weighted by Gasteiger charge is 2.43. The number of fused-ring (bicyclic) bond motifs is 1. The van der Waals surface area contributed by atoms with Crippen LogP contribution in [0.15, 0.2) is 41.1 Å². The summed E-state index contributed by atoms with van der Waals surface area (Å²) in [6, 6.07) is 7.62. The quantitative estimate of drug-likeness (QED) is 0.824. The van der Waals surface area contributed by atoms with E-state index in [1.165, 1.54) is 0 Å². The first-order chi connectivity index (χ1) is 12.7. The number of furan rings is 1. The van der Waals surface area contributed by atoms with Gasteiger partial charge in [0.1, 0.15) is 5.76 Å². The van der Waals surface area contributed by atoms with Crippen LogP contribution in [0.3, 0.4) is 0 Å². The lowest BCUT2D eigenvalue weighted by Crippen LogP contribution is -2.51. The van der Waals surface area contributed by atoms with Gasteiger partial charge in [0.2, 0.25) is 0 Å². The molecule has 1 amide bonds. The van der Waals surface area contributed by atoms with E-state index >= 15 is 0 Å². The van der Waals surface area contributed by atoms with Crippen LogP contribution in [0, 0.1) is 12.8 Å². The van der Waals surface area contributed by atoms with Crippen LogP contribution in [0.5, 0.6) is 0 Å². The number of carbonyl (C=O) groups is 1. The molecule has 2 aromatic rings. The van der Waals surface area contributed by atoms with Crippen LogP contribution in [0.2, 0.25) is 0 Å². The standard InChI is InChI=1S/C20H24N2O4/c1-14-2-3-18(26-14)20(23)22-8-9-25-19-11-16(10-17(19)22)13-24-12-15-4-6-21-7-5-15/h2-7,16-17,19H,8-13H2,1H3/t16-,17-,19+/m0/s1. The number of aromatic nitrogens is 1. The van der Waals surface area contributed by atoms with E-state index in [-0.39, 0.29) is 18.1 Å². The lowest BCUT2D eigenvalue weighted by Gasteiger charge is -2.37. The Labute approximate surface area is 153 Å². The first-order valence-electron chi connectivity index (χ1n) is 9.16. The molecule has 2 aliphatic rings. The smallest absolute Gasteiger partial charge is 0.289 e. The second kappa shape index (κ2) is 7.60. The Balaban J connectivity index is 1.34. The molecule has 3 heterocycles. The van der Waals surface area contributed by atoms with E-state index in [1.54, 1.807) is 18.5 Å². The fourth-order valence-electron chi connectivity index (χ4n) is 3.95. The maximum absolute atomic E-state index is 12.8. The van der Waals surface area contributed by atoms with Gasteiger partial charge < -0.3 is 18.8 Å². The fraction of sp³-hybridized carbons (Fsp3) is 0.500. The molecule has 0 spiro atoms. The summed E-state index contributed by atoms with van der Waals surface area (Å²) in [6.45, 7) is 4.32. The van der Waals surface area contributed by atoms with Gasteiger partial charge in [0.15, 0.2) is 5.76 Å². The predicted octanol–water partition coefficient (Wildman–Crippen LogP) is 2.82. The van der Waals surface area contributed by atoms with Crippen LogP contribution in [0.4, 0.5) is 0 Å². The molecule has 2 aromatic heterocycles. The van der Waals surface area contributed by atoms with Crippen molar-refractivity contribution in [3.05, 3.63) is 53.7 Å². The molecule has 26 heavy (non-hydrogen) atoms. The van der Waals surface area contributed by atoms with Crippen molar-refractivity contribution >= 4 is 5.91 Å². The van der Waals surface area contributed by atoms with E-state index in [2.05, 4.69) is 4.98 Å². The molecule has 0 unspecified atom stereocenters. The third kappa shape index (κ3) is 3.66. The molecule has 6 nitrogen and oxygen atoms in total. The fourth-order valence-corrected chi connectivity index (χ4v) is 3.95. The third-order valence-electron chi connectivity index (χ3n) is 5.22. The summed E-state index contributed by atoms with van der Waals surface area (Å²) < 4.78 is 17.3. The highest BCUT2D eigenvalue weighted by molar-refractivity contribution is 5.92. The predicted molar refractivity (Wildman–Crippen MR) is 94.6 cm³/mol. The Morgan fingerprint density at radius 1 is 1.27 bits per heavy atom. The van der Waals surface area contributed by atoms with Crippen LogP contribution in [-0.4, -0.2) is 47.7 Å². The van der Waals surface area contributed by atoms with Gasteiger partial charge in [-0.05, 0) is 55.5 Å². The molecular formula is C20H24N2O4. The molecule has 1 saturated heterocycles. The van der Waals surface area contributed by atoms with Crippen LogP contribution < -0.4 is 0 Å². The zero-order valence-electron chi connectivity index (χ0n) is 15.0. The minimum atomic E-state index is -0.0326. The van der Waals surface area contributed by atoms with Gasteiger partial charge in [0.25, 0.3) is 5.91 Å². The minimum Gasteiger partial charge on any atom is -0.456 e. The molecule has 1 saturated carbocycles. The molecule has 0 aromatic carbocycles. The van der Waals surface area contributed by atoms with Crippen LogP contribution in [0.1, 0.15) is 34.7 Å². The number of morpholine rings is 1. The van der Waals surface area contributed by atoms with Crippen molar-refractivity contribution in [1.82, 2.24) is 9.88 Å². The van der Waals surface area contributed by atoms with Gasteiger partial charge in [0.05, 0.1) is 32.0 Å². The molecule has 6 heteroatoms. The second-order valence-electron chi connectivity index (χ2n) is 7.09. The Bertz CT molecular complexity index is 745. The first-order valence-corrected chi connectivity index (χ1v) is 9.16. The molecular weight excluding hydrogens is 332 g/mol. The van der Waals surface area contributed by atoms with Crippen molar-refractivity contribution in [2.75, 3.05) is 19.8 Å². The van der Waals surface area contributed by atoms with E-state index in [9.17, 15) is 4.79 Å². The summed E-state index contributed by atoms with van der Waals surface area (Å²) in [5.74, 6) is 1.54. The summed E-state index contributed by atoms with van der Waals surface area (Å²) in [4.78, 5) is 18.7. The molecule has 0 radical (unpaired) electrons. The van der Waals surface area contributed by atoms with Crippen molar-refractivity contribution < 1.29 is 18.7 Å². The van der Waals surface area contributed by atoms with Crippen molar-refractivity contribution in [3.8, 4) is 0 Å². The monoisotopic (exact) mass is 356 g/mol. The van der Waals surface area contributed by atoms with Gasteiger partial charge in [-0.3, -0.25) is 9.78 Å². The number of hydrogen-bond donors (Lipinski definition) is 0. The van der Waals surface area contributed by atoms with Gasteiger partial charge in [0, 0.05) is 18.9 Å². The number of amides is 1. The number of carbonyl (C=O) groups excluding carboxylic acids is 1. The van der Waals surface area contributed by atoms with E-state index in [0.717, 1.165) is 24.2 Å². The molecule has 4 rings (SSSR count). The summed E-state index contributed by atoms with van der Waals surface area (Å²) in [6.07, 6.45) is 5.49. The van der Waals surface area contributed by atoms with Gasteiger partial charge in [-0.1, -0.05) is 0 Å². The number of rotatable bonds is 5. The maximum atomic E-state index is 12.8. The second-order valence-corrected chi connectivity index (χ2v) is 7.09. The zero-order chi connectivity index (χ0) is 17.9. The van der Waals surface area contributed by atoms with E-state index in [1.807, 2.05) is 30.0 Å². The molecule has 138 valence electrons. The van der Waals surface area contributed by atoms with Crippen LogP contribution in [0.25, 0.3) is 0 Å². The number of ether oxygens (including phenoxy) is 2. The summed E-state index contributed by atoms with van der Waals surface area (Å²) >= 11 is 0. The largest absolute Gasteiger partial charge is 0.456 e. The lowest BCUT2D eigenvalue weighted by atomic mass is 10.1. The Hall–Kier alpha value is -2.18. The van der Waals surface area contributed by atoms with Crippen molar-refractivity contribution in [3.63, 3.8) is 0 Å². The molecule has 3 atom stereocenters. The summed E-state index contributed by atoms with van der Waals surface area (Å²) in [5.41, 5.74) is 1.12. The summed E-state index contributed by atoms with van der Waals surface area (Å²) in [7, 11) is 0. The molecule has 2 fully saturated rings. The van der Waals surface area contributed by atoms with Gasteiger partial charge >= 0.3 is 0 Å². The van der Waals surface area contributed by atoms with Crippen LogP contribution in [-0.2, 0) is 16.1 Å². The third-order valence-corrected chi connectivity index (χ3v) is 5.22.